The van der Waals surface area contributed by atoms with Gasteiger partial charge in [-0.25, -0.2) is 0 Å². The average molecular weight is 357 g/mol. The minimum absolute atomic E-state index is 0.0872. The first-order valence-corrected chi connectivity index (χ1v) is 9.62. The quantitative estimate of drug-likeness (QED) is 0.694. The molecule has 2 heterocycles. The number of rotatable bonds is 2. The Labute approximate surface area is 159 Å². The van der Waals surface area contributed by atoms with Gasteiger partial charge >= 0.3 is 0 Å². The van der Waals surface area contributed by atoms with E-state index in [9.17, 15) is 5.11 Å². The van der Waals surface area contributed by atoms with Crippen molar-refractivity contribution in [2.45, 2.75) is 24.8 Å². The Bertz CT molecular complexity index is 959. The van der Waals surface area contributed by atoms with Crippen molar-refractivity contribution in [3.63, 3.8) is 0 Å². The van der Waals surface area contributed by atoms with Gasteiger partial charge in [0.15, 0.2) is 11.5 Å². The second kappa shape index (κ2) is 6.43. The van der Waals surface area contributed by atoms with Crippen LogP contribution < -0.4 is 4.74 Å². The summed E-state index contributed by atoms with van der Waals surface area (Å²) >= 11 is 0. The number of phenols is 1. The van der Waals surface area contributed by atoms with Crippen LogP contribution in [0.1, 0.15) is 29.5 Å². The highest BCUT2D eigenvalue weighted by Gasteiger charge is 2.44. The Hall–Kier alpha value is -2.78. The Morgan fingerprint density at radius 1 is 0.815 bits per heavy atom. The van der Waals surface area contributed by atoms with E-state index < -0.39 is 0 Å². The third-order valence-electron chi connectivity index (χ3n) is 6.08. The average Bonchev–Trinajstić information content (AvgIpc) is 2.72. The van der Waals surface area contributed by atoms with Crippen molar-refractivity contribution in [3.05, 3.63) is 89.5 Å². The van der Waals surface area contributed by atoms with Crippen molar-refractivity contribution >= 4 is 0 Å². The molecule has 0 bridgehead atoms. The number of nitrogens with zero attached hydrogens (tertiary/aromatic N) is 1. The van der Waals surface area contributed by atoms with Crippen LogP contribution in [0, 0.1) is 0 Å². The molecule has 136 valence electrons. The number of piperidine rings is 1. The molecule has 0 radical (unpaired) electrons. The summed E-state index contributed by atoms with van der Waals surface area (Å²) in [6.07, 6.45) is 2.05. The number of hydrogen-bond donors (Lipinski definition) is 1. The van der Waals surface area contributed by atoms with Gasteiger partial charge in [-0.15, -0.1) is 0 Å². The van der Waals surface area contributed by atoms with Crippen LogP contribution in [-0.2, 0) is 12.0 Å². The Morgan fingerprint density at radius 3 is 2.33 bits per heavy atom. The molecule has 3 nitrogen and oxygen atoms in total. The molecule has 1 saturated heterocycles. The monoisotopic (exact) mass is 357 g/mol. The van der Waals surface area contributed by atoms with E-state index in [-0.39, 0.29) is 11.2 Å². The largest absolute Gasteiger partial charge is 0.504 e. The van der Waals surface area contributed by atoms with Crippen molar-refractivity contribution in [3.8, 4) is 17.2 Å². The maximum Gasteiger partial charge on any atom is 0.173 e. The van der Waals surface area contributed by atoms with Crippen LogP contribution in [0.3, 0.4) is 0 Å². The summed E-state index contributed by atoms with van der Waals surface area (Å²) in [5.41, 5.74) is 3.65. The molecular weight excluding hydrogens is 334 g/mol. The number of benzene rings is 3. The number of hydrogen-bond acceptors (Lipinski definition) is 3. The molecule has 1 spiro atoms. The molecule has 0 amide bonds. The predicted molar refractivity (Wildman–Crippen MR) is 106 cm³/mol. The van der Waals surface area contributed by atoms with Crippen LogP contribution >= 0.6 is 0 Å². The van der Waals surface area contributed by atoms with E-state index >= 15 is 0 Å². The standard InChI is InChI=1S/C24H23NO2/c26-21-11-6-10-20-23(21)27-22-12-5-4-9-19(22)24(20)13-15-25(16-14-24)17-18-7-2-1-3-8-18/h1-12,26H,13-17H2. The van der Waals surface area contributed by atoms with E-state index in [1.54, 1.807) is 6.07 Å². The number of likely N-dealkylation sites (tertiary alicyclic amines) is 1. The van der Waals surface area contributed by atoms with Crippen molar-refractivity contribution in [2.24, 2.45) is 0 Å². The van der Waals surface area contributed by atoms with Crippen molar-refractivity contribution in [1.82, 2.24) is 4.90 Å². The van der Waals surface area contributed by atoms with E-state index in [0.29, 0.717) is 5.75 Å². The number of aromatic hydroxyl groups is 1. The summed E-state index contributed by atoms with van der Waals surface area (Å²) in [6.45, 7) is 3.04. The molecule has 1 N–H and O–H groups in total. The summed E-state index contributed by atoms with van der Waals surface area (Å²) < 4.78 is 6.09. The van der Waals surface area contributed by atoms with Crippen LogP contribution in [0.4, 0.5) is 0 Å². The SMILES string of the molecule is Oc1cccc2c1Oc1ccccc1C21CCN(Cc2ccccc2)CC1. The van der Waals surface area contributed by atoms with Crippen LogP contribution in [-0.4, -0.2) is 23.1 Å². The minimum Gasteiger partial charge on any atom is -0.504 e. The van der Waals surface area contributed by atoms with Gasteiger partial charge in [-0.3, -0.25) is 4.90 Å². The fourth-order valence-corrected chi connectivity index (χ4v) is 4.69. The van der Waals surface area contributed by atoms with Gasteiger partial charge in [0.25, 0.3) is 0 Å². The van der Waals surface area contributed by atoms with E-state index in [1.807, 2.05) is 18.2 Å². The number of phenolic OH excluding ortho intramolecular Hbond substituents is 1. The van der Waals surface area contributed by atoms with Crippen molar-refractivity contribution in [2.75, 3.05) is 13.1 Å². The molecule has 2 aliphatic heterocycles. The fourth-order valence-electron chi connectivity index (χ4n) is 4.69. The summed E-state index contributed by atoms with van der Waals surface area (Å²) in [4.78, 5) is 2.53. The predicted octanol–water partition coefficient (Wildman–Crippen LogP) is 5.08. The Morgan fingerprint density at radius 2 is 1.52 bits per heavy atom. The molecule has 0 atom stereocenters. The molecule has 0 aromatic heterocycles. The highest BCUT2D eigenvalue weighted by Crippen LogP contribution is 2.55. The van der Waals surface area contributed by atoms with Crippen molar-refractivity contribution < 1.29 is 9.84 Å². The molecule has 3 aromatic rings. The molecule has 1 fully saturated rings. The van der Waals surface area contributed by atoms with Gasteiger partial charge in [-0.1, -0.05) is 60.7 Å². The van der Waals surface area contributed by atoms with Gasteiger partial charge in [-0.05, 0) is 43.6 Å². The summed E-state index contributed by atoms with van der Waals surface area (Å²) in [5.74, 6) is 1.74. The Balaban J connectivity index is 1.49. The van der Waals surface area contributed by atoms with Gasteiger partial charge in [0.05, 0.1) is 0 Å². The first-order chi connectivity index (χ1) is 13.3. The molecular formula is C24H23NO2. The molecule has 3 heteroatoms. The van der Waals surface area contributed by atoms with Crippen LogP contribution in [0.5, 0.6) is 17.2 Å². The lowest BCUT2D eigenvalue weighted by Crippen LogP contribution is -2.44. The zero-order chi connectivity index (χ0) is 18.3. The molecule has 27 heavy (non-hydrogen) atoms. The third-order valence-corrected chi connectivity index (χ3v) is 6.08. The van der Waals surface area contributed by atoms with E-state index in [1.165, 1.54) is 11.1 Å². The fraction of sp³-hybridized carbons (Fsp3) is 0.250. The summed E-state index contributed by atoms with van der Waals surface area (Å²) in [6, 6.07) is 24.7. The van der Waals surface area contributed by atoms with Gasteiger partial charge in [0, 0.05) is 23.1 Å². The molecule has 5 rings (SSSR count). The third kappa shape index (κ3) is 2.70. The smallest absolute Gasteiger partial charge is 0.173 e. The zero-order valence-electron chi connectivity index (χ0n) is 15.3. The molecule has 3 aromatic carbocycles. The van der Waals surface area contributed by atoms with Gasteiger partial charge in [0.1, 0.15) is 5.75 Å². The molecule has 0 aliphatic carbocycles. The van der Waals surface area contributed by atoms with Gasteiger partial charge in [-0.2, -0.15) is 0 Å². The second-order valence-electron chi connectivity index (χ2n) is 7.60. The lowest BCUT2D eigenvalue weighted by Gasteiger charge is -2.46. The number of fused-ring (bicyclic) bond motifs is 4. The molecule has 0 unspecified atom stereocenters. The first kappa shape index (κ1) is 16.4. The van der Waals surface area contributed by atoms with Crippen LogP contribution in [0.2, 0.25) is 0 Å². The van der Waals surface area contributed by atoms with E-state index in [4.69, 9.17) is 4.74 Å². The zero-order valence-corrected chi connectivity index (χ0v) is 15.3. The number of para-hydroxylation sites is 2. The second-order valence-corrected chi connectivity index (χ2v) is 7.60. The maximum absolute atomic E-state index is 10.4. The van der Waals surface area contributed by atoms with Gasteiger partial charge in [0.2, 0.25) is 0 Å². The number of ether oxygens (including phenoxy) is 1. The van der Waals surface area contributed by atoms with Crippen molar-refractivity contribution in [1.29, 1.82) is 0 Å². The van der Waals surface area contributed by atoms with Gasteiger partial charge < -0.3 is 9.84 Å². The summed E-state index contributed by atoms with van der Waals surface area (Å²) in [5, 5.41) is 10.4. The minimum atomic E-state index is -0.0872. The maximum atomic E-state index is 10.4. The van der Waals surface area contributed by atoms with Crippen LogP contribution in [0.15, 0.2) is 72.8 Å². The Kier molecular flexibility index (Phi) is 3.91. The van der Waals surface area contributed by atoms with Crippen LogP contribution in [0.25, 0.3) is 0 Å². The topological polar surface area (TPSA) is 32.7 Å². The normalized spacial score (nSPS) is 17.8. The molecule has 0 saturated carbocycles. The highest BCUT2D eigenvalue weighted by atomic mass is 16.5. The highest BCUT2D eigenvalue weighted by molar-refractivity contribution is 5.61. The first-order valence-electron chi connectivity index (χ1n) is 9.62. The lowest BCUT2D eigenvalue weighted by atomic mass is 9.66. The molecule has 2 aliphatic rings. The summed E-state index contributed by atoms with van der Waals surface area (Å²) in [7, 11) is 0. The van der Waals surface area contributed by atoms with E-state index in [0.717, 1.165) is 43.8 Å². The van der Waals surface area contributed by atoms with E-state index in [2.05, 4.69) is 53.4 Å². The lowest BCUT2D eigenvalue weighted by molar-refractivity contribution is 0.164.